The van der Waals surface area contributed by atoms with E-state index in [-0.39, 0.29) is 0 Å². The lowest BCUT2D eigenvalue weighted by molar-refractivity contribution is 0.623. The van der Waals surface area contributed by atoms with Gasteiger partial charge in [-0.3, -0.25) is 9.36 Å². The minimum atomic E-state index is 0.593. The standard InChI is InChI=1S/C20H27N5/c1-11-12(2)14(4)19(15(5)13(11)3)20-16(6)22-25(17(20)7)9-18-21-10-24(8)23-18/h10H,9H2,1-8H3. The molecule has 3 rings (SSSR count). The third-order valence-electron chi connectivity index (χ3n) is 5.57. The summed E-state index contributed by atoms with van der Waals surface area (Å²) in [7, 11) is 1.88. The van der Waals surface area contributed by atoms with Gasteiger partial charge in [0.25, 0.3) is 0 Å². The highest BCUT2D eigenvalue weighted by Crippen LogP contribution is 2.37. The molecule has 0 aliphatic carbocycles. The van der Waals surface area contributed by atoms with Crippen molar-refractivity contribution in [2.45, 2.75) is 55.0 Å². The van der Waals surface area contributed by atoms with E-state index in [4.69, 9.17) is 5.10 Å². The van der Waals surface area contributed by atoms with E-state index in [1.165, 1.54) is 44.6 Å². The van der Waals surface area contributed by atoms with E-state index in [0.717, 1.165) is 11.5 Å². The normalized spacial score (nSPS) is 11.4. The molecule has 2 heterocycles. The molecule has 2 aromatic heterocycles. The monoisotopic (exact) mass is 337 g/mol. The zero-order valence-corrected chi connectivity index (χ0v) is 16.5. The fourth-order valence-electron chi connectivity index (χ4n) is 3.68. The largest absolute Gasteiger partial charge is 0.261 e. The van der Waals surface area contributed by atoms with E-state index in [2.05, 4.69) is 58.5 Å². The average Bonchev–Trinajstić information content (AvgIpc) is 3.09. The van der Waals surface area contributed by atoms with Crippen molar-refractivity contribution in [1.82, 2.24) is 24.5 Å². The maximum Gasteiger partial charge on any atom is 0.172 e. The molecule has 0 unspecified atom stereocenters. The molecule has 0 aliphatic rings. The smallest absolute Gasteiger partial charge is 0.172 e. The number of benzene rings is 1. The van der Waals surface area contributed by atoms with Crippen LogP contribution in [0.1, 0.15) is 45.0 Å². The summed E-state index contributed by atoms with van der Waals surface area (Å²) in [5.74, 6) is 0.782. The zero-order chi connectivity index (χ0) is 18.5. The van der Waals surface area contributed by atoms with Crippen molar-refractivity contribution < 1.29 is 0 Å². The van der Waals surface area contributed by atoms with Crippen molar-refractivity contribution in [2.24, 2.45) is 7.05 Å². The first-order valence-corrected chi connectivity index (χ1v) is 8.68. The van der Waals surface area contributed by atoms with Crippen LogP contribution in [0.15, 0.2) is 6.33 Å². The Morgan fingerprint density at radius 3 is 1.84 bits per heavy atom. The number of hydrogen-bond donors (Lipinski definition) is 0. The molecule has 1 aromatic carbocycles. The van der Waals surface area contributed by atoms with Crippen LogP contribution in [-0.4, -0.2) is 24.5 Å². The van der Waals surface area contributed by atoms with E-state index in [9.17, 15) is 0 Å². The Kier molecular flexibility index (Phi) is 4.27. The Morgan fingerprint density at radius 1 is 0.760 bits per heavy atom. The van der Waals surface area contributed by atoms with Gasteiger partial charge in [-0.25, -0.2) is 4.98 Å². The number of rotatable bonds is 3. The van der Waals surface area contributed by atoms with Gasteiger partial charge < -0.3 is 0 Å². The molecular formula is C20H27N5. The van der Waals surface area contributed by atoms with Gasteiger partial charge in [-0.05, 0) is 81.8 Å². The van der Waals surface area contributed by atoms with Gasteiger partial charge in [0.2, 0.25) is 0 Å². The molecular weight excluding hydrogens is 310 g/mol. The Hall–Kier alpha value is -2.43. The summed E-state index contributed by atoms with van der Waals surface area (Å²) in [6, 6.07) is 0. The molecule has 0 saturated heterocycles. The van der Waals surface area contributed by atoms with Crippen LogP contribution < -0.4 is 0 Å². The lowest BCUT2D eigenvalue weighted by Crippen LogP contribution is -2.06. The average molecular weight is 337 g/mol. The summed E-state index contributed by atoms with van der Waals surface area (Å²) >= 11 is 0. The van der Waals surface area contributed by atoms with Crippen molar-refractivity contribution in [2.75, 3.05) is 0 Å². The van der Waals surface area contributed by atoms with Crippen LogP contribution in [0.4, 0.5) is 0 Å². The van der Waals surface area contributed by atoms with E-state index in [1.54, 1.807) is 11.0 Å². The molecule has 0 saturated carbocycles. The molecule has 25 heavy (non-hydrogen) atoms. The summed E-state index contributed by atoms with van der Waals surface area (Å²) in [6.07, 6.45) is 1.73. The van der Waals surface area contributed by atoms with E-state index in [0.29, 0.717) is 6.54 Å². The number of hydrogen-bond acceptors (Lipinski definition) is 3. The number of nitrogens with zero attached hydrogens (tertiary/aromatic N) is 5. The predicted molar refractivity (Wildman–Crippen MR) is 101 cm³/mol. The maximum atomic E-state index is 4.78. The van der Waals surface area contributed by atoms with Gasteiger partial charge >= 0.3 is 0 Å². The van der Waals surface area contributed by atoms with Gasteiger partial charge in [0.15, 0.2) is 5.82 Å². The Morgan fingerprint density at radius 2 is 1.32 bits per heavy atom. The summed E-state index contributed by atoms with van der Waals surface area (Å²) in [4.78, 5) is 4.33. The predicted octanol–water partition coefficient (Wildman–Crippen LogP) is 3.89. The van der Waals surface area contributed by atoms with Gasteiger partial charge in [-0.1, -0.05) is 0 Å². The van der Waals surface area contributed by atoms with Gasteiger partial charge in [0.1, 0.15) is 12.9 Å². The molecule has 5 heteroatoms. The Bertz CT molecular complexity index is 930. The molecule has 0 fully saturated rings. The highest BCUT2D eigenvalue weighted by molar-refractivity contribution is 5.77. The van der Waals surface area contributed by atoms with Crippen molar-refractivity contribution in [3.8, 4) is 11.1 Å². The molecule has 0 N–H and O–H groups in total. The second-order valence-electron chi connectivity index (χ2n) is 7.04. The van der Waals surface area contributed by atoms with Crippen LogP contribution in [-0.2, 0) is 13.6 Å². The molecule has 0 spiro atoms. The van der Waals surface area contributed by atoms with E-state index < -0.39 is 0 Å². The van der Waals surface area contributed by atoms with Crippen LogP contribution >= 0.6 is 0 Å². The van der Waals surface area contributed by atoms with Crippen molar-refractivity contribution in [1.29, 1.82) is 0 Å². The molecule has 0 radical (unpaired) electrons. The highest BCUT2D eigenvalue weighted by Gasteiger charge is 2.21. The van der Waals surface area contributed by atoms with Gasteiger partial charge in [-0.15, -0.1) is 0 Å². The molecule has 0 atom stereocenters. The summed E-state index contributed by atoms with van der Waals surface area (Å²) < 4.78 is 3.74. The van der Waals surface area contributed by atoms with Crippen LogP contribution in [0.3, 0.4) is 0 Å². The first-order chi connectivity index (χ1) is 11.7. The quantitative estimate of drug-likeness (QED) is 0.728. The third kappa shape index (κ3) is 2.77. The molecule has 0 bridgehead atoms. The Balaban J connectivity index is 2.17. The molecule has 132 valence electrons. The van der Waals surface area contributed by atoms with Crippen LogP contribution in [0, 0.1) is 48.5 Å². The first-order valence-electron chi connectivity index (χ1n) is 8.68. The fourth-order valence-corrected chi connectivity index (χ4v) is 3.68. The third-order valence-corrected chi connectivity index (χ3v) is 5.57. The van der Waals surface area contributed by atoms with Gasteiger partial charge in [0, 0.05) is 18.3 Å². The fraction of sp³-hybridized carbons (Fsp3) is 0.450. The first kappa shape index (κ1) is 17.4. The molecule has 0 aliphatic heterocycles. The van der Waals surface area contributed by atoms with E-state index in [1.807, 2.05) is 11.7 Å². The van der Waals surface area contributed by atoms with Gasteiger partial charge in [0.05, 0.1) is 5.69 Å². The SMILES string of the molecule is Cc1nn(Cc2ncn(C)n2)c(C)c1-c1c(C)c(C)c(C)c(C)c1C. The maximum absolute atomic E-state index is 4.78. The number of aromatic nitrogens is 5. The highest BCUT2D eigenvalue weighted by atomic mass is 15.3. The summed E-state index contributed by atoms with van der Waals surface area (Å²) in [5.41, 5.74) is 11.6. The minimum absolute atomic E-state index is 0.593. The Labute approximate surface area is 149 Å². The van der Waals surface area contributed by atoms with Gasteiger partial charge in [-0.2, -0.15) is 10.2 Å². The van der Waals surface area contributed by atoms with Crippen LogP contribution in [0.25, 0.3) is 11.1 Å². The van der Waals surface area contributed by atoms with Crippen LogP contribution in [0.5, 0.6) is 0 Å². The lowest BCUT2D eigenvalue weighted by atomic mass is 9.85. The van der Waals surface area contributed by atoms with Crippen molar-refractivity contribution in [3.05, 3.63) is 51.4 Å². The summed E-state index contributed by atoms with van der Waals surface area (Å²) in [6.45, 7) is 15.9. The zero-order valence-electron chi connectivity index (χ0n) is 16.5. The van der Waals surface area contributed by atoms with Crippen molar-refractivity contribution >= 4 is 0 Å². The second kappa shape index (κ2) is 6.14. The van der Waals surface area contributed by atoms with E-state index >= 15 is 0 Å². The minimum Gasteiger partial charge on any atom is -0.261 e. The lowest BCUT2D eigenvalue weighted by Gasteiger charge is -2.19. The molecule has 0 amide bonds. The topological polar surface area (TPSA) is 48.5 Å². The number of aryl methyl sites for hydroxylation is 2. The van der Waals surface area contributed by atoms with Crippen LogP contribution in [0.2, 0.25) is 0 Å². The molecule has 5 nitrogen and oxygen atoms in total. The molecule has 3 aromatic rings. The summed E-state index contributed by atoms with van der Waals surface area (Å²) in [5, 5.41) is 9.16. The second-order valence-corrected chi connectivity index (χ2v) is 7.04. The van der Waals surface area contributed by atoms with Crippen molar-refractivity contribution in [3.63, 3.8) is 0 Å².